The number of amides is 1. The summed E-state index contributed by atoms with van der Waals surface area (Å²) < 4.78 is 15.2. The number of benzene rings is 1. The smallest absolute Gasteiger partial charge is 0.275 e. The van der Waals surface area contributed by atoms with Crippen LogP contribution in [0.2, 0.25) is 10.0 Å². The van der Waals surface area contributed by atoms with Crippen molar-refractivity contribution in [3.05, 3.63) is 63.9 Å². The van der Waals surface area contributed by atoms with E-state index in [1.807, 2.05) is 0 Å². The molecule has 0 saturated heterocycles. The Morgan fingerprint density at radius 2 is 2.13 bits per heavy atom. The van der Waals surface area contributed by atoms with E-state index in [1.165, 1.54) is 29.2 Å². The fraction of sp³-hybridized carbons (Fsp3) is 0.0714. The first kappa shape index (κ1) is 15.5. The molecule has 3 aromatic rings. The molecule has 0 saturated carbocycles. The number of H-pyrrole nitrogens is 1. The van der Waals surface area contributed by atoms with E-state index in [0.29, 0.717) is 16.3 Å². The summed E-state index contributed by atoms with van der Waals surface area (Å²) in [6.45, 7) is 0.145. The molecule has 0 aliphatic carbocycles. The van der Waals surface area contributed by atoms with Gasteiger partial charge in [0.2, 0.25) is 0 Å². The van der Waals surface area contributed by atoms with Crippen LogP contribution in [0.15, 0.2) is 36.8 Å². The lowest BCUT2D eigenvalue weighted by Gasteiger charge is -2.05. The molecule has 0 bridgehead atoms. The van der Waals surface area contributed by atoms with Crippen LogP contribution >= 0.6 is 23.2 Å². The van der Waals surface area contributed by atoms with Gasteiger partial charge in [0, 0.05) is 16.8 Å². The fourth-order valence-electron chi connectivity index (χ4n) is 1.98. The van der Waals surface area contributed by atoms with Crippen molar-refractivity contribution in [2.75, 3.05) is 5.32 Å². The van der Waals surface area contributed by atoms with E-state index >= 15 is 0 Å². The average Bonchev–Trinajstić information content (AvgIpc) is 3.12. The van der Waals surface area contributed by atoms with Gasteiger partial charge in [-0.1, -0.05) is 29.3 Å². The summed E-state index contributed by atoms with van der Waals surface area (Å²) >= 11 is 11.8. The fourth-order valence-corrected chi connectivity index (χ4v) is 2.38. The van der Waals surface area contributed by atoms with Gasteiger partial charge in [-0.3, -0.25) is 14.6 Å². The van der Waals surface area contributed by atoms with Crippen molar-refractivity contribution >= 4 is 34.8 Å². The monoisotopic (exact) mass is 353 g/mol. The highest BCUT2D eigenvalue weighted by Gasteiger charge is 2.14. The molecule has 6 nitrogen and oxygen atoms in total. The summed E-state index contributed by atoms with van der Waals surface area (Å²) in [7, 11) is 0. The molecule has 0 aliphatic rings. The highest BCUT2D eigenvalue weighted by molar-refractivity contribution is 6.34. The van der Waals surface area contributed by atoms with Crippen LogP contribution in [0.1, 0.15) is 16.1 Å². The Kier molecular flexibility index (Phi) is 4.31. The summed E-state index contributed by atoms with van der Waals surface area (Å²) in [5, 5.41) is 13.4. The van der Waals surface area contributed by atoms with Gasteiger partial charge in [-0.2, -0.15) is 10.2 Å². The van der Waals surface area contributed by atoms with Crippen LogP contribution in [0.3, 0.4) is 0 Å². The third-order valence-corrected chi connectivity index (χ3v) is 3.73. The first-order chi connectivity index (χ1) is 11.0. The van der Waals surface area contributed by atoms with Gasteiger partial charge in [0.05, 0.1) is 29.6 Å². The van der Waals surface area contributed by atoms with Crippen molar-refractivity contribution in [1.82, 2.24) is 20.0 Å². The summed E-state index contributed by atoms with van der Waals surface area (Å²) in [6, 6.07) is 4.46. The van der Waals surface area contributed by atoms with E-state index in [1.54, 1.807) is 12.3 Å². The topological polar surface area (TPSA) is 75.6 Å². The van der Waals surface area contributed by atoms with Gasteiger partial charge in [0.1, 0.15) is 11.5 Å². The second-order valence-electron chi connectivity index (χ2n) is 4.67. The number of halogens is 3. The Labute approximate surface area is 140 Å². The minimum Gasteiger partial charge on any atom is -0.318 e. The average molecular weight is 354 g/mol. The largest absolute Gasteiger partial charge is 0.318 e. The first-order valence-corrected chi connectivity index (χ1v) is 7.26. The third kappa shape index (κ3) is 3.35. The SMILES string of the molecule is O=C(Nc1cnn(Cc2c(F)cccc2Cl)c1)c1[nH]ncc1Cl. The normalized spacial score (nSPS) is 10.7. The van der Waals surface area contributed by atoms with Crippen LogP contribution in [0.4, 0.5) is 10.1 Å². The number of carbonyl (C=O) groups is 1. The van der Waals surface area contributed by atoms with E-state index in [9.17, 15) is 9.18 Å². The number of aromatic amines is 1. The van der Waals surface area contributed by atoms with Crippen LogP contribution < -0.4 is 5.32 Å². The van der Waals surface area contributed by atoms with Crippen LogP contribution in [0.25, 0.3) is 0 Å². The van der Waals surface area contributed by atoms with Gasteiger partial charge in [-0.05, 0) is 12.1 Å². The number of hydrogen-bond donors (Lipinski definition) is 2. The standard InChI is InChI=1S/C14H10Cl2FN5O/c15-10-2-1-3-12(17)9(10)7-22-6-8(4-19-22)20-14(23)13-11(16)5-18-21-13/h1-6H,7H2,(H,18,21)(H,20,23). The van der Waals surface area contributed by atoms with Crippen LogP contribution in [0, 0.1) is 5.82 Å². The molecule has 9 heteroatoms. The van der Waals surface area contributed by atoms with E-state index in [0.717, 1.165) is 0 Å². The number of carbonyl (C=O) groups excluding carboxylic acids is 1. The van der Waals surface area contributed by atoms with Gasteiger partial charge in [-0.15, -0.1) is 0 Å². The second kappa shape index (κ2) is 6.39. The molecule has 2 heterocycles. The minimum atomic E-state index is -0.448. The summed E-state index contributed by atoms with van der Waals surface area (Å²) in [5.41, 5.74) is 0.913. The predicted molar refractivity (Wildman–Crippen MR) is 84.3 cm³/mol. The predicted octanol–water partition coefficient (Wildman–Crippen LogP) is 3.35. The highest BCUT2D eigenvalue weighted by Crippen LogP contribution is 2.20. The van der Waals surface area contributed by atoms with Crippen molar-refractivity contribution in [3.8, 4) is 0 Å². The molecule has 23 heavy (non-hydrogen) atoms. The van der Waals surface area contributed by atoms with Crippen LogP contribution in [-0.2, 0) is 6.54 Å². The van der Waals surface area contributed by atoms with Crippen molar-refractivity contribution in [1.29, 1.82) is 0 Å². The maximum absolute atomic E-state index is 13.8. The number of hydrogen-bond acceptors (Lipinski definition) is 3. The molecule has 1 aromatic carbocycles. The van der Waals surface area contributed by atoms with E-state index in [4.69, 9.17) is 23.2 Å². The molecule has 0 aliphatic heterocycles. The molecular formula is C14H10Cl2FN5O. The number of rotatable bonds is 4. The lowest BCUT2D eigenvalue weighted by Crippen LogP contribution is -2.12. The molecule has 2 N–H and O–H groups in total. The quantitative estimate of drug-likeness (QED) is 0.755. The Morgan fingerprint density at radius 1 is 1.30 bits per heavy atom. The number of aromatic nitrogens is 4. The molecule has 1 amide bonds. The molecule has 0 fully saturated rings. The Balaban J connectivity index is 1.74. The van der Waals surface area contributed by atoms with Gasteiger partial charge in [0.25, 0.3) is 5.91 Å². The molecule has 3 rings (SSSR count). The van der Waals surface area contributed by atoms with Gasteiger partial charge in [0.15, 0.2) is 0 Å². The maximum Gasteiger partial charge on any atom is 0.275 e. The van der Waals surface area contributed by atoms with Crippen molar-refractivity contribution < 1.29 is 9.18 Å². The number of nitrogens with zero attached hydrogens (tertiary/aromatic N) is 3. The Bertz CT molecular complexity index is 840. The van der Waals surface area contributed by atoms with E-state index in [2.05, 4.69) is 20.6 Å². The molecule has 0 spiro atoms. The third-order valence-electron chi connectivity index (χ3n) is 3.09. The van der Waals surface area contributed by atoms with Crippen molar-refractivity contribution in [2.45, 2.75) is 6.54 Å². The molecule has 0 atom stereocenters. The first-order valence-electron chi connectivity index (χ1n) is 6.50. The zero-order chi connectivity index (χ0) is 16.4. The van der Waals surface area contributed by atoms with Gasteiger partial charge in [-0.25, -0.2) is 4.39 Å². The number of nitrogens with one attached hydrogen (secondary N) is 2. The summed E-state index contributed by atoms with van der Waals surface area (Å²) in [5.74, 6) is -0.862. The molecule has 0 unspecified atom stereocenters. The zero-order valence-corrected chi connectivity index (χ0v) is 13.1. The van der Waals surface area contributed by atoms with Crippen LogP contribution in [-0.4, -0.2) is 25.9 Å². The molecule has 118 valence electrons. The minimum absolute atomic E-state index is 0.145. The van der Waals surface area contributed by atoms with E-state index in [-0.39, 0.29) is 17.3 Å². The summed E-state index contributed by atoms with van der Waals surface area (Å²) in [6.07, 6.45) is 4.34. The van der Waals surface area contributed by atoms with Gasteiger partial charge >= 0.3 is 0 Å². The van der Waals surface area contributed by atoms with Crippen LogP contribution in [0.5, 0.6) is 0 Å². The molecular weight excluding hydrogens is 344 g/mol. The molecule has 0 radical (unpaired) electrons. The Hall–Kier alpha value is -2.38. The number of anilines is 1. The maximum atomic E-state index is 13.8. The zero-order valence-electron chi connectivity index (χ0n) is 11.6. The van der Waals surface area contributed by atoms with Crippen molar-refractivity contribution in [3.63, 3.8) is 0 Å². The Morgan fingerprint density at radius 3 is 2.83 bits per heavy atom. The highest BCUT2D eigenvalue weighted by atomic mass is 35.5. The van der Waals surface area contributed by atoms with Gasteiger partial charge < -0.3 is 5.32 Å². The summed E-state index contributed by atoms with van der Waals surface area (Å²) in [4.78, 5) is 12.0. The van der Waals surface area contributed by atoms with Crippen molar-refractivity contribution in [2.24, 2.45) is 0 Å². The lowest BCUT2D eigenvalue weighted by atomic mass is 10.2. The lowest BCUT2D eigenvalue weighted by molar-refractivity contribution is 0.102. The molecule has 2 aromatic heterocycles. The second-order valence-corrected chi connectivity index (χ2v) is 5.49. The van der Waals surface area contributed by atoms with E-state index < -0.39 is 11.7 Å².